The Morgan fingerprint density at radius 1 is 1.36 bits per heavy atom. The Labute approximate surface area is 129 Å². The van der Waals surface area contributed by atoms with Gasteiger partial charge in [-0.3, -0.25) is 4.79 Å². The molecule has 1 saturated carbocycles. The summed E-state index contributed by atoms with van der Waals surface area (Å²) in [4.78, 5) is 13.0. The van der Waals surface area contributed by atoms with Crippen molar-refractivity contribution in [3.05, 3.63) is 0 Å². The lowest BCUT2D eigenvalue weighted by Gasteiger charge is -2.33. The Morgan fingerprint density at radius 3 is 2.59 bits per heavy atom. The summed E-state index contributed by atoms with van der Waals surface area (Å²) in [5, 5.41) is 0. The first-order valence-electron chi connectivity index (χ1n) is 7.58. The van der Waals surface area contributed by atoms with Crippen molar-refractivity contribution in [2.75, 3.05) is 18.8 Å². The van der Waals surface area contributed by atoms with E-state index in [4.69, 9.17) is 5.73 Å². The van der Waals surface area contributed by atoms with Crippen molar-refractivity contribution in [3.8, 4) is 0 Å². The Kier molecular flexibility index (Phi) is 5.39. The van der Waals surface area contributed by atoms with Gasteiger partial charge in [0.2, 0.25) is 15.9 Å². The lowest BCUT2D eigenvalue weighted by molar-refractivity contribution is -0.141. The van der Waals surface area contributed by atoms with Crippen molar-refractivity contribution in [2.24, 2.45) is 5.73 Å². The number of nitrogens with zero attached hydrogens (tertiary/aromatic N) is 1. The molecule has 1 aliphatic heterocycles. The molecule has 1 heterocycles. The van der Waals surface area contributed by atoms with E-state index >= 15 is 0 Å². The third kappa shape index (κ3) is 5.13. The summed E-state index contributed by atoms with van der Waals surface area (Å²) in [6, 6.07) is -0.922. The molecule has 2 aliphatic rings. The number of sulfonamides is 1. The second-order valence-corrected chi connectivity index (χ2v) is 8.06. The minimum atomic E-state index is -3.53. The molecule has 0 aromatic rings. The molecule has 3 N–H and O–H groups in total. The Balaban J connectivity index is 1.80. The number of nitrogens with two attached hydrogens (primary N) is 1. The number of amides is 1. The largest absolute Gasteiger partial charge is 0.337 e. The summed E-state index contributed by atoms with van der Waals surface area (Å²) in [5.74, 6) is -3.74. The summed E-state index contributed by atoms with van der Waals surface area (Å²) in [5.41, 5.74) is 5.72. The fourth-order valence-corrected chi connectivity index (χ4v) is 4.22. The minimum absolute atomic E-state index is 0.0336. The van der Waals surface area contributed by atoms with Crippen LogP contribution in [0.3, 0.4) is 0 Å². The third-order valence-corrected chi connectivity index (χ3v) is 5.63. The standard InChI is InChI=1S/C13H23F2N3O3S/c14-13(15)5-2-6-18(9-13)12(19)7-10(16)8-22(20,21)17-11-3-1-4-11/h10-11,17H,1-9,16H2/t10-/m0/s1. The van der Waals surface area contributed by atoms with Gasteiger partial charge >= 0.3 is 0 Å². The van der Waals surface area contributed by atoms with Gasteiger partial charge in [-0.2, -0.15) is 0 Å². The lowest BCUT2D eigenvalue weighted by Crippen LogP contribution is -2.49. The van der Waals surface area contributed by atoms with E-state index in [1.165, 1.54) is 0 Å². The molecule has 0 unspecified atom stereocenters. The predicted molar refractivity (Wildman–Crippen MR) is 77.9 cm³/mol. The van der Waals surface area contributed by atoms with E-state index in [0.717, 1.165) is 24.2 Å². The summed E-state index contributed by atoms with van der Waals surface area (Å²) in [7, 11) is -3.53. The molecule has 1 amide bonds. The van der Waals surface area contributed by atoms with Gasteiger partial charge in [-0.1, -0.05) is 6.42 Å². The number of carbonyl (C=O) groups excluding carboxylic acids is 1. The molecule has 0 bridgehead atoms. The number of hydrogen-bond donors (Lipinski definition) is 2. The minimum Gasteiger partial charge on any atom is -0.337 e. The normalized spacial score (nSPS) is 23.9. The molecule has 0 aromatic heterocycles. The summed E-state index contributed by atoms with van der Waals surface area (Å²) in [6.45, 7) is -0.333. The van der Waals surface area contributed by atoms with E-state index in [-0.39, 0.29) is 37.6 Å². The SMILES string of the molecule is N[C@@H](CC(=O)N1CCCC(F)(F)C1)CS(=O)(=O)NC1CCC1. The zero-order valence-corrected chi connectivity index (χ0v) is 13.2. The molecule has 6 nitrogen and oxygen atoms in total. The predicted octanol–water partition coefficient (Wildman–Crippen LogP) is 0.433. The molecule has 0 aromatic carbocycles. The number of alkyl halides is 2. The van der Waals surface area contributed by atoms with Crippen LogP contribution in [0.15, 0.2) is 0 Å². The van der Waals surface area contributed by atoms with Crippen LogP contribution in [0, 0.1) is 0 Å². The zero-order valence-electron chi connectivity index (χ0n) is 12.4. The molecule has 22 heavy (non-hydrogen) atoms. The molecule has 2 fully saturated rings. The number of rotatable bonds is 6. The van der Waals surface area contributed by atoms with Crippen LogP contribution >= 0.6 is 0 Å². The molecule has 9 heteroatoms. The van der Waals surface area contributed by atoms with Gasteiger partial charge in [0.25, 0.3) is 5.92 Å². The number of halogens is 2. The van der Waals surface area contributed by atoms with E-state index in [2.05, 4.69) is 4.72 Å². The van der Waals surface area contributed by atoms with Crippen molar-refractivity contribution in [3.63, 3.8) is 0 Å². The van der Waals surface area contributed by atoms with Crippen LogP contribution in [0.25, 0.3) is 0 Å². The van der Waals surface area contributed by atoms with Crippen molar-refractivity contribution in [1.82, 2.24) is 9.62 Å². The van der Waals surface area contributed by atoms with Crippen LogP contribution in [0.1, 0.15) is 38.5 Å². The smallest absolute Gasteiger partial charge is 0.265 e. The summed E-state index contributed by atoms with van der Waals surface area (Å²) >= 11 is 0. The van der Waals surface area contributed by atoms with E-state index < -0.39 is 34.4 Å². The summed E-state index contributed by atoms with van der Waals surface area (Å²) in [6.07, 6.45) is 2.42. The maximum absolute atomic E-state index is 13.3. The molecule has 1 atom stereocenters. The quantitative estimate of drug-likeness (QED) is 0.734. The van der Waals surface area contributed by atoms with Crippen molar-refractivity contribution in [1.29, 1.82) is 0 Å². The fraction of sp³-hybridized carbons (Fsp3) is 0.923. The maximum Gasteiger partial charge on any atom is 0.265 e. The van der Waals surface area contributed by atoms with Crippen LogP contribution in [-0.2, 0) is 14.8 Å². The van der Waals surface area contributed by atoms with Gasteiger partial charge < -0.3 is 10.6 Å². The highest BCUT2D eigenvalue weighted by Gasteiger charge is 2.37. The first-order valence-corrected chi connectivity index (χ1v) is 9.23. The topological polar surface area (TPSA) is 92.5 Å². The van der Waals surface area contributed by atoms with Crippen LogP contribution in [0.4, 0.5) is 8.78 Å². The molecular formula is C13H23F2N3O3S. The molecule has 2 rings (SSSR count). The van der Waals surface area contributed by atoms with Crippen LogP contribution in [0.5, 0.6) is 0 Å². The number of hydrogen-bond acceptors (Lipinski definition) is 4. The van der Waals surface area contributed by atoms with Crippen molar-refractivity contribution >= 4 is 15.9 Å². The Bertz CT molecular complexity index is 509. The number of likely N-dealkylation sites (tertiary alicyclic amines) is 1. The first-order chi connectivity index (χ1) is 10.2. The number of carbonyl (C=O) groups is 1. The highest BCUT2D eigenvalue weighted by Crippen LogP contribution is 2.27. The second-order valence-electron chi connectivity index (χ2n) is 6.27. The molecule has 0 radical (unpaired) electrons. The fourth-order valence-electron chi connectivity index (χ4n) is 2.70. The first kappa shape index (κ1) is 17.6. The van der Waals surface area contributed by atoms with Gasteiger partial charge in [0.1, 0.15) is 0 Å². The van der Waals surface area contributed by atoms with Gasteiger partial charge in [0.05, 0.1) is 12.3 Å². The van der Waals surface area contributed by atoms with Crippen molar-refractivity contribution < 1.29 is 22.0 Å². The van der Waals surface area contributed by atoms with Gasteiger partial charge in [0.15, 0.2) is 0 Å². The second kappa shape index (κ2) is 6.76. The zero-order chi connectivity index (χ0) is 16.4. The highest BCUT2D eigenvalue weighted by atomic mass is 32.2. The van der Waals surface area contributed by atoms with E-state index in [9.17, 15) is 22.0 Å². The lowest BCUT2D eigenvalue weighted by atomic mass is 9.94. The van der Waals surface area contributed by atoms with Crippen molar-refractivity contribution in [2.45, 2.75) is 56.5 Å². The average molecular weight is 339 g/mol. The third-order valence-electron chi connectivity index (χ3n) is 4.07. The highest BCUT2D eigenvalue weighted by molar-refractivity contribution is 7.89. The molecular weight excluding hydrogens is 316 g/mol. The van der Waals surface area contributed by atoms with Crippen LogP contribution in [-0.4, -0.2) is 56.1 Å². The maximum atomic E-state index is 13.3. The number of piperidine rings is 1. The van der Waals surface area contributed by atoms with Gasteiger partial charge in [-0.15, -0.1) is 0 Å². The van der Waals surface area contributed by atoms with Gasteiger partial charge in [-0.05, 0) is 19.3 Å². The Morgan fingerprint density at radius 2 is 2.05 bits per heavy atom. The van der Waals surface area contributed by atoms with E-state index in [1.807, 2.05) is 0 Å². The van der Waals surface area contributed by atoms with Crippen LogP contribution < -0.4 is 10.5 Å². The van der Waals surface area contributed by atoms with E-state index in [0.29, 0.717) is 0 Å². The molecule has 1 aliphatic carbocycles. The van der Waals surface area contributed by atoms with Gasteiger partial charge in [-0.25, -0.2) is 21.9 Å². The van der Waals surface area contributed by atoms with Crippen LogP contribution in [0.2, 0.25) is 0 Å². The van der Waals surface area contributed by atoms with E-state index in [1.54, 1.807) is 0 Å². The monoisotopic (exact) mass is 339 g/mol. The molecule has 0 spiro atoms. The average Bonchev–Trinajstić information content (AvgIpc) is 2.32. The van der Waals surface area contributed by atoms with Gasteiger partial charge in [0, 0.05) is 31.5 Å². The molecule has 128 valence electrons. The number of nitrogens with one attached hydrogen (secondary N) is 1. The summed E-state index contributed by atoms with van der Waals surface area (Å²) < 4.78 is 52.8. The molecule has 1 saturated heterocycles. The Hall–Kier alpha value is -0.800.